The topological polar surface area (TPSA) is 47.6 Å². The summed E-state index contributed by atoms with van der Waals surface area (Å²) in [6.07, 6.45) is 0.0733. The number of ether oxygens (including phenoxy) is 2. The quantitative estimate of drug-likeness (QED) is 0.713. The lowest BCUT2D eigenvalue weighted by molar-refractivity contribution is -0.128. The molecule has 1 N–H and O–H groups in total. The molecular formula is C20H24ClNO3. The van der Waals surface area contributed by atoms with E-state index in [0.29, 0.717) is 30.3 Å². The summed E-state index contributed by atoms with van der Waals surface area (Å²) in [5.41, 5.74) is 2.01. The van der Waals surface area contributed by atoms with Crippen LogP contribution >= 0.6 is 11.6 Å². The molecule has 0 aliphatic heterocycles. The van der Waals surface area contributed by atoms with Gasteiger partial charge in [0.15, 0.2) is 6.10 Å². The van der Waals surface area contributed by atoms with E-state index in [1.165, 1.54) is 0 Å². The zero-order valence-electron chi connectivity index (χ0n) is 14.8. The van der Waals surface area contributed by atoms with Crippen molar-refractivity contribution in [3.8, 4) is 11.5 Å². The normalized spacial score (nSPS) is 11.7. The predicted molar refractivity (Wildman–Crippen MR) is 101 cm³/mol. The highest BCUT2D eigenvalue weighted by atomic mass is 35.5. The van der Waals surface area contributed by atoms with Crippen molar-refractivity contribution >= 4 is 17.5 Å². The van der Waals surface area contributed by atoms with E-state index in [9.17, 15) is 4.79 Å². The molecule has 0 aliphatic carbocycles. The molecule has 25 heavy (non-hydrogen) atoms. The summed E-state index contributed by atoms with van der Waals surface area (Å²) in [7, 11) is 0. The van der Waals surface area contributed by atoms with Gasteiger partial charge in [0, 0.05) is 5.02 Å². The van der Waals surface area contributed by atoms with Crippen LogP contribution in [-0.2, 0) is 4.79 Å². The van der Waals surface area contributed by atoms with Gasteiger partial charge in [-0.05, 0) is 49.6 Å². The Kier molecular flexibility index (Phi) is 7.14. The Labute approximate surface area is 154 Å². The van der Waals surface area contributed by atoms with Crippen LogP contribution in [0.4, 0.5) is 0 Å². The van der Waals surface area contributed by atoms with E-state index in [1.807, 2.05) is 57.2 Å². The van der Waals surface area contributed by atoms with Gasteiger partial charge in [-0.3, -0.25) is 4.79 Å². The van der Waals surface area contributed by atoms with Crippen LogP contribution in [-0.4, -0.2) is 25.2 Å². The van der Waals surface area contributed by atoms with Crippen LogP contribution in [0.2, 0.25) is 5.02 Å². The lowest BCUT2D eigenvalue weighted by Crippen LogP contribution is -2.39. The summed E-state index contributed by atoms with van der Waals surface area (Å²) in [5, 5.41) is 3.51. The van der Waals surface area contributed by atoms with Crippen molar-refractivity contribution in [3.63, 3.8) is 0 Å². The summed E-state index contributed by atoms with van der Waals surface area (Å²) in [5.74, 6) is 1.28. The molecule has 0 saturated carbocycles. The average molecular weight is 362 g/mol. The number of amides is 1. The molecule has 0 aromatic heterocycles. The van der Waals surface area contributed by atoms with E-state index < -0.39 is 6.10 Å². The second kappa shape index (κ2) is 9.33. The first kappa shape index (κ1) is 19.1. The van der Waals surface area contributed by atoms with Crippen LogP contribution in [0, 0.1) is 13.8 Å². The van der Waals surface area contributed by atoms with Crippen LogP contribution in [0.15, 0.2) is 42.5 Å². The smallest absolute Gasteiger partial charge is 0.261 e. The van der Waals surface area contributed by atoms with E-state index in [-0.39, 0.29) is 5.91 Å². The number of carbonyl (C=O) groups is 1. The zero-order valence-corrected chi connectivity index (χ0v) is 15.6. The molecule has 0 saturated heterocycles. The molecule has 0 spiro atoms. The molecule has 0 radical (unpaired) electrons. The second-order valence-corrected chi connectivity index (χ2v) is 6.24. The minimum atomic E-state index is -0.519. The highest BCUT2D eigenvalue weighted by molar-refractivity contribution is 6.31. The van der Waals surface area contributed by atoms with Gasteiger partial charge >= 0.3 is 0 Å². The summed E-state index contributed by atoms with van der Waals surface area (Å²) < 4.78 is 11.4. The summed E-state index contributed by atoms with van der Waals surface area (Å²) >= 11 is 6.06. The molecular weight excluding hydrogens is 338 g/mol. The summed E-state index contributed by atoms with van der Waals surface area (Å²) in [6.45, 7) is 6.59. The number of halogens is 1. The molecule has 0 aliphatic rings. The Morgan fingerprint density at radius 1 is 1.16 bits per heavy atom. The van der Waals surface area contributed by atoms with Crippen molar-refractivity contribution in [2.75, 3.05) is 13.2 Å². The van der Waals surface area contributed by atoms with Gasteiger partial charge in [-0.2, -0.15) is 0 Å². The molecule has 134 valence electrons. The number of aryl methyl sites for hydroxylation is 2. The Hall–Kier alpha value is -2.20. The fourth-order valence-corrected chi connectivity index (χ4v) is 2.46. The van der Waals surface area contributed by atoms with Crippen molar-refractivity contribution < 1.29 is 14.3 Å². The fourth-order valence-electron chi connectivity index (χ4n) is 2.28. The largest absolute Gasteiger partial charge is 0.492 e. The lowest BCUT2D eigenvalue weighted by Gasteiger charge is -2.18. The molecule has 0 bridgehead atoms. The monoisotopic (exact) mass is 361 g/mol. The molecule has 4 nitrogen and oxygen atoms in total. The average Bonchev–Trinajstić information content (AvgIpc) is 2.60. The molecule has 1 amide bonds. The molecule has 1 atom stereocenters. The van der Waals surface area contributed by atoms with Crippen LogP contribution in [0.3, 0.4) is 0 Å². The summed E-state index contributed by atoms with van der Waals surface area (Å²) in [4.78, 5) is 12.3. The summed E-state index contributed by atoms with van der Waals surface area (Å²) in [6, 6.07) is 13.2. The molecule has 0 fully saturated rings. The molecule has 0 heterocycles. The minimum Gasteiger partial charge on any atom is -0.492 e. The highest BCUT2D eigenvalue weighted by Crippen LogP contribution is 2.21. The number of carbonyl (C=O) groups excluding carboxylic acids is 1. The lowest BCUT2D eigenvalue weighted by atomic mass is 10.2. The number of rotatable bonds is 8. The maximum absolute atomic E-state index is 12.3. The van der Waals surface area contributed by atoms with Crippen molar-refractivity contribution in [1.82, 2.24) is 5.32 Å². The van der Waals surface area contributed by atoms with Gasteiger partial charge in [0.05, 0.1) is 6.54 Å². The van der Waals surface area contributed by atoms with Crippen LogP contribution < -0.4 is 14.8 Å². The Morgan fingerprint density at radius 3 is 2.60 bits per heavy atom. The molecule has 2 aromatic rings. The van der Waals surface area contributed by atoms with Crippen LogP contribution in [0.25, 0.3) is 0 Å². The standard InChI is InChI=1S/C20H24ClNO3/c1-4-18(25-19-8-6-5-7-15(19)3)20(23)22-11-12-24-16-10-9-14(2)17(21)13-16/h5-10,13,18H,4,11-12H2,1-3H3,(H,22,23)/t18-/m0/s1. The first-order valence-electron chi connectivity index (χ1n) is 8.40. The van der Waals surface area contributed by atoms with Crippen LogP contribution in [0.1, 0.15) is 24.5 Å². The first-order valence-corrected chi connectivity index (χ1v) is 8.78. The number of nitrogens with one attached hydrogen (secondary N) is 1. The number of hydrogen-bond donors (Lipinski definition) is 1. The number of hydrogen-bond acceptors (Lipinski definition) is 3. The third-order valence-electron chi connectivity index (χ3n) is 3.84. The third kappa shape index (κ3) is 5.68. The van der Waals surface area contributed by atoms with Gasteiger partial charge in [0.1, 0.15) is 18.1 Å². The Bertz CT molecular complexity index is 718. The van der Waals surface area contributed by atoms with E-state index in [4.69, 9.17) is 21.1 Å². The van der Waals surface area contributed by atoms with Crippen molar-refractivity contribution in [3.05, 3.63) is 58.6 Å². The minimum absolute atomic E-state index is 0.142. The zero-order chi connectivity index (χ0) is 18.2. The van der Waals surface area contributed by atoms with E-state index >= 15 is 0 Å². The SMILES string of the molecule is CC[C@H](Oc1ccccc1C)C(=O)NCCOc1ccc(C)c(Cl)c1. The molecule has 2 rings (SSSR count). The Morgan fingerprint density at radius 2 is 1.92 bits per heavy atom. The van der Waals surface area contributed by atoms with Gasteiger partial charge in [-0.15, -0.1) is 0 Å². The van der Waals surface area contributed by atoms with Gasteiger partial charge in [0.25, 0.3) is 5.91 Å². The number of para-hydroxylation sites is 1. The van der Waals surface area contributed by atoms with Crippen molar-refractivity contribution in [2.45, 2.75) is 33.3 Å². The maximum atomic E-state index is 12.3. The fraction of sp³-hybridized carbons (Fsp3) is 0.350. The molecule has 0 unspecified atom stereocenters. The van der Waals surface area contributed by atoms with Crippen molar-refractivity contribution in [1.29, 1.82) is 0 Å². The van der Waals surface area contributed by atoms with E-state index in [1.54, 1.807) is 6.07 Å². The number of benzene rings is 2. The van der Waals surface area contributed by atoms with Gasteiger partial charge in [0.2, 0.25) is 0 Å². The van der Waals surface area contributed by atoms with Gasteiger partial charge in [-0.1, -0.05) is 42.8 Å². The molecule has 5 heteroatoms. The van der Waals surface area contributed by atoms with Gasteiger partial charge in [-0.25, -0.2) is 0 Å². The second-order valence-electron chi connectivity index (χ2n) is 5.83. The Balaban J connectivity index is 1.79. The highest BCUT2D eigenvalue weighted by Gasteiger charge is 2.18. The first-order chi connectivity index (χ1) is 12.0. The maximum Gasteiger partial charge on any atom is 0.261 e. The van der Waals surface area contributed by atoms with Gasteiger partial charge < -0.3 is 14.8 Å². The predicted octanol–water partition coefficient (Wildman–Crippen LogP) is 4.31. The van der Waals surface area contributed by atoms with E-state index in [0.717, 1.165) is 16.9 Å². The van der Waals surface area contributed by atoms with E-state index in [2.05, 4.69) is 5.32 Å². The van der Waals surface area contributed by atoms with Crippen LogP contribution in [0.5, 0.6) is 11.5 Å². The molecule has 2 aromatic carbocycles. The third-order valence-corrected chi connectivity index (χ3v) is 4.25. The van der Waals surface area contributed by atoms with Crippen molar-refractivity contribution in [2.24, 2.45) is 0 Å².